The van der Waals surface area contributed by atoms with Gasteiger partial charge in [-0.15, -0.1) is 0 Å². The summed E-state index contributed by atoms with van der Waals surface area (Å²) in [4.78, 5) is 21.2. The molecule has 0 aromatic heterocycles. The van der Waals surface area contributed by atoms with Gasteiger partial charge in [-0.3, -0.25) is 4.79 Å². The second-order valence-corrected chi connectivity index (χ2v) is 10.1. The Balaban J connectivity index is 0.000000852. The minimum Gasteiger partial charge on any atom is -0.462 e. The second-order valence-electron chi connectivity index (χ2n) is 10.1. The molecule has 0 aromatic rings. The predicted molar refractivity (Wildman–Crippen MR) is 135 cm³/mol. The summed E-state index contributed by atoms with van der Waals surface area (Å²) in [5, 5.41) is 8.00. The van der Waals surface area contributed by atoms with E-state index in [0.29, 0.717) is 43.0 Å². The maximum Gasteiger partial charge on any atom is 0.333 e. The number of aliphatic hydroxyl groups excluding tert-OH is 1. The molecular formula is C28H48O6. The van der Waals surface area contributed by atoms with Gasteiger partial charge in [-0.25, -0.2) is 4.79 Å². The molecular weight excluding hydrogens is 432 g/mol. The third-order valence-electron chi connectivity index (χ3n) is 7.14. The molecule has 1 N–H and O–H groups in total. The third-order valence-corrected chi connectivity index (χ3v) is 7.14. The predicted octanol–water partition coefficient (Wildman–Crippen LogP) is 5.28. The maximum absolute atomic E-state index is 11.7. The van der Waals surface area contributed by atoms with Crippen LogP contribution in [-0.2, 0) is 23.8 Å². The summed E-state index contributed by atoms with van der Waals surface area (Å²) < 4.78 is 17.1. The number of aliphatic hydroxyl groups is 1. The topological polar surface area (TPSA) is 82.1 Å². The van der Waals surface area contributed by atoms with Gasteiger partial charge in [0.25, 0.3) is 0 Å². The Bertz CT molecular complexity index is 600. The lowest BCUT2D eigenvalue weighted by Crippen LogP contribution is -2.31. The molecule has 34 heavy (non-hydrogen) atoms. The van der Waals surface area contributed by atoms with Gasteiger partial charge in [0.2, 0.25) is 0 Å². The van der Waals surface area contributed by atoms with Gasteiger partial charge >= 0.3 is 5.97 Å². The summed E-state index contributed by atoms with van der Waals surface area (Å²) in [6.45, 7) is 12.6. The average Bonchev–Trinajstić information content (AvgIpc) is 2.86. The van der Waals surface area contributed by atoms with Crippen LogP contribution in [0.1, 0.15) is 78.1 Å². The quantitative estimate of drug-likeness (QED) is 0.219. The van der Waals surface area contributed by atoms with E-state index in [1.54, 1.807) is 14.0 Å². The van der Waals surface area contributed by atoms with E-state index in [2.05, 4.69) is 20.1 Å². The van der Waals surface area contributed by atoms with Crippen LogP contribution in [0.25, 0.3) is 0 Å². The van der Waals surface area contributed by atoms with Crippen LogP contribution in [0.3, 0.4) is 0 Å². The minimum absolute atomic E-state index is 0.218. The summed E-state index contributed by atoms with van der Waals surface area (Å²) in [6.07, 6.45) is 13.7. The smallest absolute Gasteiger partial charge is 0.333 e. The van der Waals surface area contributed by atoms with Crippen molar-refractivity contribution in [2.24, 2.45) is 23.7 Å². The molecule has 0 aromatic carbocycles. The zero-order valence-corrected chi connectivity index (χ0v) is 21.8. The lowest BCUT2D eigenvalue weighted by molar-refractivity contribution is -0.141. The molecule has 6 heteroatoms. The molecule has 1 atom stereocenters. The van der Waals surface area contributed by atoms with Crippen LogP contribution >= 0.6 is 0 Å². The normalized spacial score (nSPS) is 25.4. The molecule has 196 valence electrons. The fourth-order valence-corrected chi connectivity index (χ4v) is 4.97. The highest BCUT2D eigenvalue weighted by Crippen LogP contribution is 2.35. The van der Waals surface area contributed by atoms with Gasteiger partial charge in [0.05, 0.1) is 25.9 Å². The Hall–Kier alpha value is -1.50. The molecule has 6 nitrogen and oxygen atoms in total. The van der Waals surface area contributed by atoms with Gasteiger partial charge in [0.1, 0.15) is 6.29 Å². The van der Waals surface area contributed by atoms with E-state index in [9.17, 15) is 9.59 Å². The monoisotopic (exact) mass is 480 g/mol. The SMILES string of the molecule is C=C(C)C(=O)OCC(COC)C1CCC(COC2CCC(CCC)CC2)CC1.C=C(C=O)CO. The molecule has 0 amide bonds. The summed E-state index contributed by atoms with van der Waals surface area (Å²) in [7, 11) is 1.72. The van der Waals surface area contributed by atoms with Crippen molar-refractivity contribution in [3.05, 3.63) is 24.3 Å². The molecule has 0 spiro atoms. The zero-order valence-electron chi connectivity index (χ0n) is 21.8. The molecule has 1 unspecified atom stereocenters. The van der Waals surface area contributed by atoms with Crippen LogP contribution in [0, 0.1) is 23.7 Å². The number of hydrogen-bond donors (Lipinski definition) is 1. The molecule has 2 saturated carbocycles. The molecule has 0 bridgehead atoms. The number of ether oxygens (including phenoxy) is 3. The number of hydrogen-bond acceptors (Lipinski definition) is 6. The first-order valence-electron chi connectivity index (χ1n) is 13.0. The van der Waals surface area contributed by atoms with Crippen LogP contribution in [0.4, 0.5) is 0 Å². The average molecular weight is 481 g/mol. The largest absolute Gasteiger partial charge is 0.462 e. The summed E-state index contributed by atoms with van der Waals surface area (Å²) in [5.41, 5.74) is 0.677. The molecule has 2 rings (SSSR count). The highest BCUT2D eigenvalue weighted by atomic mass is 16.5. The first-order valence-corrected chi connectivity index (χ1v) is 13.0. The molecule has 0 saturated heterocycles. The number of esters is 1. The van der Waals surface area contributed by atoms with Crippen molar-refractivity contribution in [3.63, 3.8) is 0 Å². The van der Waals surface area contributed by atoms with E-state index >= 15 is 0 Å². The Labute approximate surface area is 207 Å². The highest BCUT2D eigenvalue weighted by Gasteiger charge is 2.29. The highest BCUT2D eigenvalue weighted by molar-refractivity contribution is 5.86. The van der Waals surface area contributed by atoms with E-state index in [1.165, 1.54) is 64.2 Å². The van der Waals surface area contributed by atoms with E-state index in [1.807, 2.05) is 0 Å². The lowest BCUT2D eigenvalue weighted by Gasteiger charge is -2.34. The van der Waals surface area contributed by atoms with Gasteiger partial charge in [-0.05, 0) is 76.0 Å². The summed E-state index contributed by atoms with van der Waals surface area (Å²) >= 11 is 0. The van der Waals surface area contributed by atoms with Crippen molar-refractivity contribution in [1.82, 2.24) is 0 Å². The molecule has 2 aliphatic carbocycles. The fourth-order valence-electron chi connectivity index (χ4n) is 4.97. The Morgan fingerprint density at radius 2 is 1.65 bits per heavy atom. The van der Waals surface area contributed by atoms with Gasteiger partial charge in [0.15, 0.2) is 0 Å². The fraction of sp³-hybridized carbons (Fsp3) is 0.786. The molecule has 0 radical (unpaired) electrons. The lowest BCUT2D eigenvalue weighted by atomic mass is 9.76. The zero-order chi connectivity index (χ0) is 25.3. The Morgan fingerprint density at radius 1 is 1.03 bits per heavy atom. The van der Waals surface area contributed by atoms with Crippen LogP contribution in [0.2, 0.25) is 0 Å². The third kappa shape index (κ3) is 12.3. The maximum atomic E-state index is 11.7. The van der Waals surface area contributed by atoms with E-state index in [4.69, 9.17) is 19.3 Å². The Kier molecular flexibility index (Phi) is 16.0. The summed E-state index contributed by atoms with van der Waals surface area (Å²) in [6, 6.07) is 0. The van der Waals surface area contributed by atoms with Gasteiger partial charge < -0.3 is 19.3 Å². The van der Waals surface area contributed by atoms with Gasteiger partial charge in [-0.2, -0.15) is 0 Å². The van der Waals surface area contributed by atoms with E-state index in [0.717, 1.165) is 12.5 Å². The van der Waals surface area contributed by atoms with Crippen LogP contribution in [-0.4, -0.2) is 57.0 Å². The Morgan fingerprint density at radius 3 is 2.12 bits per heavy atom. The van der Waals surface area contributed by atoms with Crippen molar-refractivity contribution in [2.45, 2.75) is 84.2 Å². The van der Waals surface area contributed by atoms with Gasteiger partial charge in [-0.1, -0.05) is 32.9 Å². The van der Waals surface area contributed by atoms with Crippen molar-refractivity contribution in [1.29, 1.82) is 0 Å². The van der Waals surface area contributed by atoms with E-state index < -0.39 is 0 Å². The van der Waals surface area contributed by atoms with Crippen LogP contribution in [0.5, 0.6) is 0 Å². The number of aldehydes is 1. The van der Waals surface area contributed by atoms with Crippen molar-refractivity contribution in [2.75, 3.05) is 33.5 Å². The standard InChI is InChI=1S/C24H42O4.C4H6O2/c1-5-6-19-9-13-23(14-10-19)27-15-20-7-11-21(12-8-20)22(16-26-4)17-28-24(25)18(2)3;1-4(2-5)3-6/h19-23H,2,5-17H2,1,3-4H3;2,6H,1,3H2. The molecule has 2 fully saturated rings. The van der Waals surface area contributed by atoms with Crippen molar-refractivity contribution < 1.29 is 28.9 Å². The number of carbonyl (C=O) groups excluding carboxylic acids is 2. The second kappa shape index (κ2) is 17.9. The van der Waals surface area contributed by atoms with Gasteiger partial charge in [0, 0.05) is 30.8 Å². The summed E-state index contributed by atoms with van der Waals surface area (Å²) in [5.74, 6) is 2.18. The number of rotatable bonds is 13. The molecule has 2 aliphatic rings. The first kappa shape index (κ1) is 30.5. The van der Waals surface area contributed by atoms with Crippen molar-refractivity contribution >= 4 is 12.3 Å². The van der Waals surface area contributed by atoms with Crippen molar-refractivity contribution in [3.8, 4) is 0 Å². The van der Waals surface area contributed by atoms with Crippen LogP contribution in [0.15, 0.2) is 24.3 Å². The minimum atomic E-state index is -0.295. The van der Waals surface area contributed by atoms with Crippen LogP contribution < -0.4 is 0 Å². The molecule has 0 heterocycles. The number of carbonyl (C=O) groups is 2. The molecule has 0 aliphatic heterocycles. The number of methoxy groups -OCH3 is 1. The first-order chi connectivity index (χ1) is 16.3. The van der Waals surface area contributed by atoms with E-state index in [-0.39, 0.29) is 24.1 Å².